The van der Waals surface area contributed by atoms with Crippen molar-refractivity contribution in [2.24, 2.45) is 0 Å². The Balaban J connectivity index is 1.98. The van der Waals surface area contributed by atoms with Gasteiger partial charge in [0.25, 0.3) is 0 Å². The SMILES string of the molecule is CCOC(=O)C[C@H]1c2ccccc2S(=O)(=O)N1Cc1ccc(Cl)cc1. The molecule has 0 unspecified atom stereocenters. The molecular weight excluding hydrogens is 362 g/mol. The number of halogens is 1. The van der Waals surface area contributed by atoms with E-state index in [0.717, 1.165) is 5.56 Å². The van der Waals surface area contributed by atoms with Crippen molar-refractivity contribution in [1.82, 2.24) is 4.31 Å². The third kappa shape index (κ3) is 3.56. The number of hydrogen-bond donors (Lipinski definition) is 0. The number of carbonyl (C=O) groups excluding carboxylic acids is 1. The van der Waals surface area contributed by atoms with Crippen LogP contribution in [-0.4, -0.2) is 25.3 Å². The van der Waals surface area contributed by atoms with Crippen LogP contribution >= 0.6 is 11.6 Å². The second kappa shape index (κ2) is 7.15. The molecule has 0 spiro atoms. The zero-order valence-electron chi connectivity index (χ0n) is 13.7. The van der Waals surface area contributed by atoms with Crippen molar-refractivity contribution >= 4 is 27.6 Å². The highest BCUT2D eigenvalue weighted by molar-refractivity contribution is 7.89. The van der Waals surface area contributed by atoms with Crippen LogP contribution in [0.2, 0.25) is 5.02 Å². The summed E-state index contributed by atoms with van der Waals surface area (Å²) in [5, 5.41) is 0.583. The number of ether oxygens (including phenoxy) is 1. The number of hydrogen-bond acceptors (Lipinski definition) is 4. The van der Waals surface area contributed by atoms with E-state index < -0.39 is 22.0 Å². The third-order valence-corrected chi connectivity index (χ3v) is 6.31. The first kappa shape index (κ1) is 17.9. The van der Waals surface area contributed by atoms with Crippen LogP contribution in [0.25, 0.3) is 0 Å². The van der Waals surface area contributed by atoms with Crippen LogP contribution in [0.4, 0.5) is 0 Å². The molecule has 0 amide bonds. The molecule has 25 heavy (non-hydrogen) atoms. The summed E-state index contributed by atoms with van der Waals surface area (Å²) < 4.78 is 32.3. The van der Waals surface area contributed by atoms with E-state index in [4.69, 9.17) is 16.3 Å². The summed E-state index contributed by atoms with van der Waals surface area (Å²) in [5.41, 5.74) is 1.43. The Bertz CT molecular complexity index is 880. The topological polar surface area (TPSA) is 63.7 Å². The van der Waals surface area contributed by atoms with Gasteiger partial charge in [-0.2, -0.15) is 4.31 Å². The van der Waals surface area contributed by atoms with Gasteiger partial charge in [-0.1, -0.05) is 41.9 Å². The molecule has 0 aliphatic carbocycles. The number of rotatable bonds is 5. The van der Waals surface area contributed by atoms with Gasteiger partial charge < -0.3 is 4.74 Å². The Morgan fingerprint density at radius 1 is 1.16 bits per heavy atom. The molecule has 1 aliphatic rings. The minimum atomic E-state index is -3.67. The summed E-state index contributed by atoms with van der Waals surface area (Å²) in [7, 11) is -3.67. The van der Waals surface area contributed by atoms with Crippen molar-refractivity contribution in [2.75, 3.05) is 6.61 Å². The quantitative estimate of drug-likeness (QED) is 0.745. The molecule has 1 heterocycles. The molecule has 1 aliphatic heterocycles. The highest BCUT2D eigenvalue weighted by Gasteiger charge is 2.43. The van der Waals surface area contributed by atoms with Crippen LogP contribution in [0.1, 0.15) is 30.5 Å². The summed E-state index contributed by atoms with van der Waals surface area (Å²) in [6, 6.07) is 13.2. The molecule has 0 bridgehead atoms. The fourth-order valence-electron chi connectivity index (χ4n) is 2.99. The fourth-order valence-corrected chi connectivity index (χ4v) is 4.97. The van der Waals surface area contributed by atoms with Crippen molar-refractivity contribution in [2.45, 2.75) is 30.8 Å². The van der Waals surface area contributed by atoms with Gasteiger partial charge in [0.1, 0.15) is 0 Å². The van der Waals surface area contributed by atoms with Crippen LogP contribution in [0.15, 0.2) is 53.4 Å². The van der Waals surface area contributed by atoms with Crippen LogP contribution in [0, 0.1) is 0 Å². The molecule has 0 fully saturated rings. The van der Waals surface area contributed by atoms with Crippen molar-refractivity contribution in [1.29, 1.82) is 0 Å². The number of sulfonamides is 1. The first-order valence-corrected chi connectivity index (χ1v) is 9.76. The summed E-state index contributed by atoms with van der Waals surface area (Å²) >= 11 is 5.90. The smallest absolute Gasteiger partial charge is 0.307 e. The second-order valence-corrected chi connectivity index (χ2v) is 8.03. The summed E-state index contributed by atoms with van der Waals surface area (Å²) in [5.74, 6) is -0.416. The van der Waals surface area contributed by atoms with E-state index in [2.05, 4.69) is 0 Å². The van der Waals surface area contributed by atoms with E-state index in [1.807, 2.05) is 0 Å². The molecule has 3 rings (SSSR count). The number of fused-ring (bicyclic) bond motifs is 1. The molecule has 0 aromatic heterocycles. The van der Waals surface area contributed by atoms with Gasteiger partial charge in [0.2, 0.25) is 10.0 Å². The molecule has 0 saturated carbocycles. The predicted octanol–water partition coefficient (Wildman–Crippen LogP) is 3.54. The van der Waals surface area contributed by atoms with E-state index in [1.54, 1.807) is 55.5 Å². The van der Waals surface area contributed by atoms with Crippen molar-refractivity contribution < 1.29 is 17.9 Å². The standard InChI is InChI=1S/C18H18ClNO4S/c1-2-24-18(21)11-16-15-5-3-4-6-17(15)25(22,23)20(16)12-13-7-9-14(19)10-8-13/h3-10,16H,2,11-12H2,1H3/t16-/m0/s1. The average Bonchev–Trinajstić information content (AvgIpc) is 2.79. The van der Waals surface area contributed by atoms with Gasteiger partial charge in [0, 0.05) is 11.6 Å². The summed E-state index contributed by atoms with van der Waals surface area (Å²) in [4.78, 5) is 12.2. The minimum Gasteiger partial charge on any atom is -0.466 e. The van der Waals surface area contributed by atoms with E-state index in [1.165, 1.54) is 4.31 Å². The lowest BCUT2D eigenvalue weighted by atomic mass is 10.0. The van der Waals surface area contributed by atoms with E-state index in [9.17, 15) is 13.2 Å². The number of esters is 1. The average molecular weight is 380 g/mol. The number of nitrogens with zero attached hydrogens (tertiary/aromatic N) is 1. The Kier molecular flexibility index (Phi) is 5.13. The van der Waals surface area contributed by atoms with Gasteiger partial charge >= 0.3 is 5.97 Å². The molecule has 5 nitrogen and oxygen atoms in total. The molecule has 2 aromatic carbocycles. The lowest BCUT2D eigenvalue weighted by Crippen LogP contribution is -2.29. The van der Waals surface area contributed by atoms with Gasteiger partial charge in [-0.25, -0.2) is 8.42 Å². The van der Waals surface area contributed by atoms with Gasteiger partial charge in [0.05, 0.1) is 24.0 Å². The first-order chi connectivity index (χ1) is 11.9. The first-order valence-electron chi connectivity index (χ1n) is 7.94. The molecule has 0 radical (unpaired) electrons. The van der Waals surface area contributed by atoms with E-state index in [-0.39, 0.29) is 24.5 Å². The minimum absolute atomic E-state index is 0.0162. The highest BCUT2D eigenvalue weighted by Crippen LogP contribution is 2.42. The molecule has 7 heteroatoms. The molecule has 0 saturated heterocycles. The maximum atomic E-state index is 13.0. The lowest BCUT2D eigenvalue weighted by Gasteiger charge is -2.23. The molecular formula is C18H18ClNO4S. The van der Waals surface area contributed by atoms with Gasteiger partial charge in [-0.15, -0.1) is 0 Å². The van der Waals surface area contributed by atoms with Gasteiger partial charge in [0.15, 0.2) is 0 Å². The van der Waals surface area contributed by atoms with Gasteiger partial charge in [-0.3, -0.25) is 4.79 Å². The fraction of sp³-hybridized carbons (Fsp3) is 0.278. The molecule has 132 valence electrons. The third-order valence-electron chi connectivity index (χ3n) is 4.13. The van der Waals surface area contributed by atoms with Crippen LogP contribution < -0.4 is 0 Å². The predicted molar refractivity (Wildman–Crippen MR) is 94.6 cm³/mol. The Labute approximate surface area is 152 Å². The summed E-state index contributed by atoms with van der Waals surface area (Å²) in [6.45, 7) is 2.15. The second-order valence-electron chi connectivity index (χ2n) is 5.74. The van der Waals surface area contributed by atoms with E-state index in [0.29, 0.717) is 10.6 Å². The molecule has 2 aromatic rings. The zero-order valence-corrected chi connectivity index (χ0v) is 15.3. The zero-order chi connectivity index (χ0) is 18.0. The molecule has 1 atom stereocenters. The Hall–Kier alpha value is -1.89. The van der Waals surface area contributed by atoms with E-state index >= 15 is 0 Å². The maximum Gasteiger partial charge on any atom is 0.307 e. The maximum absolute atomic E-state index is 13.0. The van der Waals surface area contributed by atoms with Gasteiger partial charge in [-0.05, 0) is 36.2 Å². The number of carbonyl (C=O) groups is 1. The normalized spacial score (nSPS) is 18.7. The van der Waals surface area contributed by atoms with Crippen molar-refractivity contribution in [3.05, 3.63) is 64.7 Å². The molecule has 0 N–H and O–H groups in total. The summed E-state index contributed by atoms with van der Waals surface area (Å²) in [6.07, 6.45) is -0.0162. The lowest BCUT2D eigenvalue weighted by molar-refractivity contribution is -0.144. The Morgan fingerprint density at radius 3 is 2.52 bits per heavy atom. The monoisotopic (exact) mass is 379 g/mol. The highest BCUT2D eigenvalue weighted by atomic mass is 35.5. The van der Waals surface area contributed by atoms with Crippen LogP contribution in [0.3, 0.4) is 0 Å². The number of benzene rings is 2. The largest absolute Gasteiger partial charge is 0.466 e. The van der Waals surface area contributed by atoms with Crippen LogP contribution in [0.5, 0.6) is 0 Å². The Morgan fingerprint density at radius 2 is 1.84 bits per heavy atom. The van der Waals surface area contributed by atoms with Crippen molar-refractivity contribution in [3.63, 3.8) is 0 Å². The van der Waals surface area contributed by atoms with Crippen LogP contribution in [-0.2, 0) is 26.1 Å². The van der Waals surface area contributed by atoms with Crippen molar-refractivity contribution in [3.8, 4) is 0 Å².